The summed E-state index contributed by atoms with van der Waals surface area (Å²) >= 11 is 1.43. The summed E-state index contributed by atoms with van der Waals surface area (Å²) in [4.78, 5) is 16.7. The Hall–Kier alpha value is -3.60. The molecule has 11 heteroatoms. The molecule has 0 fully saturated rings. The van der Waals surface area contributed by atoms with E-state index in [0.29, 0.717) is 4.68 Å². The van der Waals surface area contributed by atoms with Crippen LogP contribution in [-0.2, 0) is 6.18 Å². The van der Waals surface area contributed by atoms with Crippen molar-refractivity contribution in [2.24, 2.45) is 0 Å². The van der Waals surface area contributed by atoms with Crippen LogP contribution in [0.3, 0.4) is 0 Å². The van der Waals surface area contributed by atoms with E-state index in [1.807, 2.05) is 5.38 Å². The van der Waals surface area contributed by atoms with Crippen molar-refractivity contribution in [3.05, 3.63) is 77.3 Å². The first-order valence-corrected chi connectivity index (χ1v) is 9.31. The van der Waals surface area contributed by atoms with Gasteiger partial charge in [-0.3, -0.25) is 4.79 Å². The van der Waals surface area contributed by atoms with Crippen LogP contribution in [-0.4, -0.2) is 25.9 Å². The van der Waals surface area contributed by atoms with E-state index in [1.54, 1.807) is 30.5 Å². The second-order valence-corrected chi connectivity index (χ2v) is 6.94. The fourth-order valence-corrected chi connectivity index (χ4v) is 3.37. The predicted octanol–water partition coefficient (Wildman–Crippen LogP) is 4.80. The standard InChI is InChI=1S/C19H11F4N5OS/c20-12-2-1-3-14(10-12)28-16(19(21,22)23)15(26-27-28)17(29)25-13-6-4-11(5-7-13)18-24-8-9-30-18/h1-10H,(H,25,29). The van der Waals surface area contributed by atoms with E-state index in [1.165, 1.54) is 23.5 Å². The number of nitrogens with one attached hydrogen (secondary N) is 1. The van der Waals surface area contributed by atoms with E-state index in [4.69, 9.17) is 0 Å². The summed E-state index contributed by atoms with van der Waals surface area (Å²) in [7, 11) is 0. The lowest BCUT2D eigenvalue weighted by molar-refractivity contribution is -0.143. The maximum absolute atomic E-state index is 13.7. The first kappa shape index (κ1) is 19.7. The maximum Gasteiger partial charge on any atom is 0.435 e. The smallest absolute Gasteiger partial charge is 0.321 e. The number of hydrogen-bond donors (Lipinski definition) is 1. The average molecular weight is 433 g/mol. The van der Waals surface area contributed by atoms with Gasteiger partial charge in [0, 0.05) is 22.8 Å². The number of halogens is 4. The van der Waals surface area contributed by atoms with Gasteiger partial charge in [-0.1, -0.05) is 11.3 Å². The molecule has 0 saturated carbocycles. The minimum Gasteiger partial charge on any atom is -0.321 e. The number of carbonyl (C=O) groups is 1. The quantitative estimate of drug-likeness (QED) is 0.469. The number of alkyl halides is 3. The van der Waals surface area contributed by atoms with Crippen LogP contribution in [0.15, 0.2) is 60.1 Å². The molecule has 0 bridgehead atoms. The van der Waals surface area contributed by atoms with Gasteiger partial charge >= 0.3 is 6.18 Å². The zero-order valence-electron chi connectivity index (χ0n) is 14.9. The SMILES string of the molecule is O=C(Nc1ccc(-c2nccs2)cc1)c1nnn(-c2cccc(F)c2)c1C(F)(F)F. The second kappa shape index (κ2) is 7.67. The highest BCUT2D eigenvalue weighted by molar-refractivity contribution is 7.13. The maximum atomic E-state index is 13.7. The van der Waals surface area contributed by atoms with Gasteiger partial charge in [0.15, 0.2) is 11.4 Å². The second-order valence-electron chi connectivity index (χ2n) is 6.04. The highest BCUT2D eigenvalue weighted by Gasteiger charge is 2.42. The fourth-order valence-electron chi connectivity index (χ4n) is 2.73. The molecule has 1 N–H and O–H groups in total. The van der Waals surface area contributed by atoms with Crippen LogP contribution in [0.4, 0.5) is 23.2 Å². The van der Waals surface area contributed by atoms with Crippen LogP contribution >= 0.6 is 11.3 Å². The van der Waals surface area contributed by atoms with E-state index >= 15 is 0 Å². The zero-order chi connectivity index (χ0) is 21.3. The van der Waals surface area contributed by atoms with Crippen LogP contribution < -0.4 is 5.32 Å². The van der Waals surface area contributed by atoms with Crippen molar-refractivity contribution in [2.75, 3.05) is 5.32 Å². The Morgan fingerprint density at radius 3 is 2.50 bits per heavy atom. The van der Waals surface area contributed by atoms with E-state index in [9.17, 15) is 22.4 Å². The van der Waals surface area contributed by atoms with Gasteiger partial charge in [0.1, 0.15) is 10.8 Å². The van der Waals surface area contributed by atoms with Crippen LogP contribution in [0, 0.1) is 5.82 Å². The number of aromatic nitrogens is 4. The Morgan fingerprint density at radius 2 is 1.87 bits per heavy atom. The molecule has 1 amide bonds. The van der Waals surface area contributed by atoms with Gasteiger partial charge in [0.05, 0.1) is 5.69 Å². The molecule has 4 rings (SSSR count). The summed E-state index contributed by atoms with van der Waals surface area (Å²) in [6.07, 6.45) is -3.30. The molecule has 152 valence electrons. The van der Waals surface area contributed by atoms with Crippen molar-refractivity contribution in [1.29, 1.82) is 0 Å². The predicted molar refractivity (Wildman–Crippen MR) is 102 cm³/mol. The number of carbonyl (C=O) groups excluding carboxylic acids is 1. The monoisotopic (exact) mass is 433 g/mol. The molecule has 0 unspecified atom stereocenters. The summed E-state index contributed by atoms with van der Waals surface area (Å²) in [5.74, 6) is -1.84. The van der Waals surface area contributed by atoms with Gasteiger partial charge in [-0.05, 0) is 42.5 Å². The van der Waals surface area contributed by atoms with E-state index in [2.05, 4.69) is 20.6 Å². The highest BCUT2D eigenvalue weighted by Crippen LogP contribution is 2.33. The number of anilines is 1. The minimum absolute atomic E-state index is 0.207. The van der Waals surface area contributed by atoms with Crippen LogP contribution in [0.25, 0.3) is 16.3 Å². The van der Waals surface area contributed by atoms with E-state index in [0.717, 1.165) is 22.7 Å². The molecule has 4 aromatic rings. The van der Waals surface area contributed by atoms with Gasteiger partial charge in [-0.25, -0.2) is 14.1 Å². The summed E-state index contributed by atoms with van der Waals surface area (Å²) in [6.45, 7) is 0. The van der Waals surface area contributed by atoms with Gasteiger partial charge in [-0.15, -0.1) is 16.4 Å². The van der Waals surface area contributed by atoms with Crippen molar-refractivity contribution < 1.29 is 22.4 Å². The minimum atomic E-state index is -4.95. The molecule has 0 saturated heterocycles. The van der Waals surface area contributed by atoms with Crippen LogP contribution in [0.5, 0.6) is 0 Å². The summed E-state index contributed by atoms with van der Waals surface area (Å²) in [6, 6.07) is 10.9. The first-order valence-electron chi connectivity index (χ1n) is 8.43. The van der Waals surface area contributed by atoms with Crippen molar-refractivity contribution >= 4 is 22.9 Å². The number of nitrogens with zero attached hydrogens (tertiary/aromatic N) is 4. The molecule has 6 nitrogen and oxygen atoms in total. The summed E-state index contributed by atoms with van der Waals surface area (Å²) in [5.41, 5.74) is -1.45. The normalized spacial score (nSPS) is 11.5. The van der Waals surface area contributed by atoms with E-state index < -0.39 is 29.3 Å². The zero-order valence-corrected chi connectivity index (χ0v) is 15.7. The molecule has 0 aliphatic heterocycles. The Labute approximate surface area is 170 Å². The number of benzene rings is 2. The molecule has 2 aromatic heterocycles. The molecule has 30 heavy (non-hydrogen) atoms. The fraction of sp³-hybridized carbons (Fsp3) is 0.0526. The van der Waals surface area contributed by atoms with Crippen molar-refractivity contribution in [1.82, 2.24) is 20.0 Å². The topological polar surface area (TPSA) is 72.7 Å². The van der Waals surface area contributed by atoms with Gasteiger partial charge < -0.3 is 5.32 Å². The molecule has 2 aromatic carbocycles. The van der Waals surface area contributed by atoms with Gasteiger partial charge in [0.2, 0.25) is 0 Å². The van der Waals surface area contributed by atoms with Gasteiger partial charge in [0.25, 0.3) is 5.91 Å². The largest absolute Gasteiger partial charge is 0.435 e. The molecule has 0 atom stereocenters. The van der Waals surface area contributed by atoms with Crippen LogP contribution in [0.2, 0.25) is 0 Å². The summed E-state index contributed by atoms with van der Waals surface area (Å²) in [5, 5.41) is 11.8. The molecule has 0 spiro atoms. The highest BCUT2D eigenvalue weighted by atomic mass is 32.1. The van der Waals surface area contributed by atoms with Crippen molar-refractivity contribution in [3.63, 3.8) is 0 Å². The molecular weight excluding hydrogens is 422 g/mol. The summed E-state index contributed by atoms with van der Waals surface area (Å²) < 4.78 is 54.8. The molecular formula is C19H11F4N5OS. The third kappa shape index (κ3) is 3.92. The number of rotatable bonds is 4. The molecule has 0 radical (unpaired) electrons. The Kier molecular flexibility index (Phi) is 5.04. The van der Waals surface area contributed by atoms with E-state index in [-0.39, 0.29) is 11.4 Å². The van der Waals surface area contributed by atoms with Gasteiger partial charge in [-0.2, -0.15) is 13.2 Å². The number of amides is 1. The molecule has 0 aliphatic carbocycles. The van der Waals surface area contributed by atoms with Crippen molar-refractivity contribution in [3.8, 4) is 16.3 Å². The number of thiazole rings is 1. The number of hydrogen-bond acceptors (Lipinski definition) is 5. The Bertz CT molecular complexity index is 1190. The first-order chi connectivity index (χ1) is 14.3. The lowest BCUT2D eigenvalue weighted by Crippen LogP contribution is -2.21. The van der Waals surface area contributed by atoms with Crippen molar-refractivity contribution in [2.45, 2.75) is 6.18 Å². The Balaban J connectivity index is 1.64. The lowest BCUT2D eigenvalue weighted by Gasteiger charge is -2.11. The molecule has 0 aliphatic rings. The van der Waals surface area contributed by atoms with Crippen LogP contribution in [0.1, 0.15) is 16.2 Å². The Morgan fingerprint density at radius 1 is 1.10 bits per heavy atom. The third-order valence-electron chi connectivity index (χ3n) is 4.03. The third-order valence-corrected chi connectivity index (χ3v) is 4.85. The average Bonchev–Trinajstić information content (AvgIpc) is 3.38. The lowest BCUT2D eigenvalue weighted by atomic mass is 10.2. The molecule has 2 heterocycles.